The molecular formula is C93H112Cl7N31O8S10. The van der Waals surface area contributed by atoms with E-state index in [2.05, 4.69) is 179 Å². The molecule has 8 N–H and O–H groups in total. The summed E-state index contributed by atoms with van der Waals surface area (Å²) in [5.74, 6) is 5.67. The zero-order chi connectivity index (χ0) is 104. The molecule has 0 radical (unpaired) electrons. The Morgan fingerprint density at radius 2 is 0.752 bits per heavy atom. The molecule has 0 unspecified atom stereocenters. The number of thioether (sulfide) groups is 8. The zero-order valence-corrected chi connectivity index (χ0v) is 98.0. The number of H-pyrrole nitrogens is 8. The summed E-state index contributed by atoms with van der Waals surface area (Å²) in [5.41, 5.74) is 23.0. The largest absolute Gasteiger partial charge is 0.335 e. The maximum absolute atomic E-state index is 11.4. The van der Waals surface area contributed by atoms with Crippen molar-refractivity contribution in [2.75, 3.05) is 0 Å². The Bertz CT molecular complexity index is 7820. The lowest BCUT2D eigenvalue weighted by Crippen LogP contribution is -2.09. The molecule has 0 spiro atoms. The number of thiazole rings is 2. The van der Waals surface area contributed by atoms with Crippen LogP contribution in [-0.4, -0.2) is 152 Å². The molecule has 18 rings (SSSR count). The minimum absolute atomic E-state index is 0. The van der Waals surface area contributed by atoms with Gasteiger partial charge in [-0.1, -0.05) is 129 Å². The zero-order valence-electron chi connectivity index (χ0n) is 84.2. The molecule has 796 valence electrons. The van der Waals surface area contributed by atoms with Gasteiger partial charge >= 0.3 is 0 Å². The van der Waals surface area contributed by atoms with Gasteiger partial charge in [-0.15, -0.1) is 89.8 Å². The van der Waals surface area contributed by atoms with Crippen LogP contribution in [0.25, 0.3) is 16.7 Å². The third-order valence-corrected chi connectivity index (χ3v) is 30.3. The van der Waals surface area contributed by atoms with Crippen LogP contribution in [-0.2, 0) is 73.2 Å². The highest BCUT2D eigenvalue weighted by atomic mass is 35.5. The molecule has 17 heterocycles. The molecule has 0 bridgehead atoms. The molecule has 0 atom stereocenters. The molecule has 0 saturated heterocycles. The summed E-state index contributed by atoms with van der Waals surface area (Å²) in [5, 5.41) is 14.3. The Labute approximate surface area is 939 Å². The highest BCUT2D eigenvalue weighted by Crippen LogP contribution is 2.31. The van der Waals surface area contributed by atoms with Crippen molar-refractivity contribution in [3.63, 3.8) is 0 Å². The van der Waals surface area contributed by atoms with E-state index >= 15 is 0 Å². The quantitative estimate of drug-likeness (QED) is 0.0175. The number of aromatic nitrogens is 31. The monoisotopic (exact) mass is 2360 g/mol. The van der Waals surface area contributed by atoms with Crippen LogP contribution in [0.1, 0.15) is 151 Å². The predicted octanol–water partition coefficient (Wildman–Crippen LogP) is 18.7. The molecule has 18 aromatic rings. The van der Waals surface area contributed by atoms with E-state index in [1.807, 2.05) is 149 Å². The van der Waals surface area contributed by atoms with Gasteiger partial charge in [0.25, 0.3) is 44.5 Å². The van der Waals surface area contributed by atoms with Crippen LogP contribution in [0.3, 0.4) is 0 Å². The third kappa shape index (κ3) is 40.4. The van der Waals surface area contributed by atoms with E-state index in [1.54, 1.807) is 46.3 Å². The molecule has 17 aromatic heterocycles. The second-order valence-corrected chi connectivity index (χ2v) is 42.3. The van der Waals surface area contributed by atoms with Crippen molar-refractivity contribution in [3.05, 3.63) is 338 Å². The molecule has 0 aliphatic carbocycles. The highest BCUT2D eigenvalue weighted by Gasteiger charge is 2.17. The van der Waals surface area contributed by atoms with E-state index in [0.29, 0.717) is 92.0 Å². The lowest BCUT2D eigenvalue weighted by Gasteiger charge is -2.12. The maximum Gasteiger partial charge on any atom is 0.251 e. The van der Waals surface area contributed by atoms with Gasteiger partial charge in [-0.3, -0.25) is 38.4 Å². The summed E-state index contributed by atoms with van der Waals surface area (Å²) in [4.78, 5) is 178. The molecule has 56 heteroatoms. The molecule has 39 nitrogen and oxygen atoms in total. The van der Waals surface area contributed by atoms with E-state index in [1.165, 1.54) is 181 Å². The number of hydrogen-bond donors (Lipinski definition) is 8. The van der Waals surface area contributed by atoms with Gasteiger partial charge < -0.3 is 62.5 Å². The molecule has 0 amide bonds. The van der Waals surface area contributed by atoms with Crippen molar-refractivity contribution in [1.82, 2.24) is 152 Å². The van der Waals surface area contributed by atoms with Gasteiger partial charge in [-0.25, -0.2) is 79.4 Å². The summed E-state index contributed by atoms with van der Waals surface area (Å²) < 4.78 is 11.9. The van der Waals surface area contributed by atoms with Crippen molar-refractivity contribution < 1.29 is 0 Å². The molecule has 0 fully saturated rings. The standard InChI is InChI=1S/C14H14N4OS.C13H13N5OS.C13H18N4OS.2C12H16N4OS.C10H11ClN4OS.C10H11N3OS2.C9H8ClN3OS2.5ClH/c1-9-3-4-18-11(7-15-12(18)5-9)8-20-14-16-10(2)6-13(19)17-14;1-8-5-12(19)15-13(14-8)20-7-9-3-4-11-10(6-9)16-17-18(11)2;1-8(2)17-7-14-10(4)11(17)6-19-13-15-9(3)5-12(18)16-13;1-4-16-7-13-10(9(16)3)6-18-12-14-8(2)5-11(17)15-12;1-4-16-7-13-9(3)10(16)6-18-12-14-8(2)5-11(17)15-12;1-6-3-8(16)14-10(13-6)17-4-7-9(11)15(2)5-12-7;1-6-3-9(14)13-10(12-6)15-4-8-7(2)11-5-16-8;1-5-2-7(14)13-9(12-5)15-3-6-8(10)11-4-16-6;;;;;/h3-7H,8H2,1-2H3,(H,16,17,19);3-6H,7H2,1-2H3,(H,14,15,19);5,7-8H,6H2,1-4H3,(H,15,16,18);2*5,7H,4,6H2,1-3H3,(H,14,15,17);3,5H,4H2,1-2H3,(H,13,14,16);3,5H,4H2,1-2H3,(H,12,13,14);2,4H,3H2,1H3,(H,12,13,14);5*1H. The number of nitrogens with zero attached hydrogens (tertiary/aromatic N) is 23. The first-order chi connectivity index (χ1) is 68.7. The normalized spacial score (nSPS) is 10.5. The summed E-state index contributed by atoms with van der Waals surface area (Å²) in [6.45, 7) is 34.8. The van der Waals surface area contributed by atoms with Gasteiger partial charge in [-0.05, 0) is 153 Å². The lowest BCUT2D eigenvalue weighted by molar-refractivity contribution is 0.583. The van der Waals surface area contributed by atoms with Crippen LogP contribution in [0, 0.1) is 90.0 Å². The average molecular weight is 2360 g/mol. The van der Waals surface area contributed by atoms with Crippen molar-refractivity contribution in [2.24, 2.45) is 14.1 Å². The van der Waals surface area contributed by atoms with Crippen molar-refractivity contribution in [2.45, 2.75) is 224 Å². The second kappa shape index (κ2) is 62.3. The van der Waals surface area contributed by atoms with Crippen LogP contribution < -0.4 is 44.5 Å². The molecule has 0 saturated carbocycles. The number of pyridine rings is 1. The topological polar surface area (TPSA) is 511 Å². The fourth-order valence-electron chi connectivity index (χ4n) is 12.9. The van der Waals surface area contributed by atoms with E-state index in [4.69, 9.17) is 23.2 Å². The Kier molecular flexibility index (Phi) is 53.1. The van der Waals surface area contributed by atoms with Gasteiger partial charge in [0, 0.05) is 190 Å². The van der Waals surface area contributed by atoms with Crippen molar-refractivity contribution >= 4 is 219 Å². The van der Waals surface area contributed by atoms with Gasteiger partial charge in [0.2, 0.25) is 0 Å². The fourth-order valence-corrected chi connectivity index (χ4v) is 22.6. The number of imidazole rings is 5. The number of aromatic amines is 8. The molecule has 149 heavy (non-hydrogen) atoms. The Hall–Kier alpha value is -10.7. The molecule has 1 aromatic carbocycles. The number of rotatable bonds is 27. The summed E-state index contributed by atoms with van der Waals surface area (Å²) in [6, 6.07) is 22.4. The lowest BCUT2D eigenvalue weighted by atomic mass is 10.2. The fraction of sp³-hybridized carbons (Fsp3) is 0.323. The summed E-state index contributed by atoms with van der Waals surface area (Å²) in [7, 11) is 3.70. The van der Waals surface area contributed by atoms with E-state index < -0.39 is 0 Å². The molecular weight excluding hydrogens is 2250 g/mol. The highest BCUT2D eigenvalue weighted by molar-refractivity contribution is 8.00. The number of aryl methyl sites for hydroxylation is 16. The van der Waals surface area contributed by atoms with Gasteiger partial charge in [-0.2, -0.15) is 0 Å². The minimum atomic E-state index is -0.146. The van der Waals surface area contributed by atoms with E-state index in [-0.39, 0.29) is 107 Å². The average Bonchev–Trinajstić information content (AvgIpc) is 1.68. The molecule has 0 aliphatic rings. The van der Waals surface area contributed by atoms with Crippen molar-refractivity contribution in [3.8, 4) is 0 Å². The number of hydrogen-bond acceptors (Lipinski definition) is 35. The van der Waals surface area contributed by atoms with Crippen LogP contribution in [0.4, 0.5) is 0 Å². The van der Waals surface area contributed by atoms with E-state index in [0.717, 1.165) is 132 Å². The first kappa shape index (κ1) is 127. The smallest absolute Gasteiger partial charge is 0.251 e. The Balaban J connectivity index is 0.000000259. The number of fused-ring (bicyclic) bond motifs is 2. The van der Waals surface area contributed by atoms with Gasteiger partial charge in [0.15, 0.2) is 41.3 Å². The maximum atomic E-state index is 11.4. The van der Waals surface area contributed by atoms with Crippen LogP contribution in [0.15, 0.2) is 207 Å². The SMILES string of the molecule is CCn1cnc(C)c1CSc1nc(C)cc(=O)[nH]1.CCn1cnc(CSc2nc(C)cc(=O)[nH]2)c1C.Cc1cc(=O)[nH]c(SCc2c(C)ncn2C(C)C)n1.Cc1cc(=O)[nH]c(SCc2ccc3c(c2)nnn3C)n1.Cc1cc(=O)[nH]c(SCc2ncn(C)c2Cl)n1.Cc1cc(=O)[nH]c(SCc2scnc2C)n1.Cc1cc(=O)[nH]c(SCc2scnc2Cl)n1.Cc1ccn2c(CSc3nc(C)cc(=O)[nH]3)cnc2c1.Cl.Cl.Cl.Cl.Cl. The predicted molar refractivity (Wildman–Crippen MR) is 613 cm³/mol. The van der Waals surface area contributed by atoms with Crippen LogP contribution >= 0.6 is 202 Å². The first-order valence-electron chi connectivity index (χ1n) is 44.3. The number of halogens is 7. The van der Waals surface area contributed by atoms with E-state index in [9.17, 15) is 38.4 Å². The first-order valence-corrected chi connectivity index (χ1v) is 54.7. The summed E-state index contributed by atoms with van der Waals surface area (Å²) in [6.07, 6.45) is 11.1. The Morgan fingerprint density at radius 1 is 0.376 bits per heavy atom. The van der Waals surface area contributed by atoms with Gasteiger partial charge in [0.1, 0.15) is 21.5 Å². The second-order valence-electron chi connectivity index (χ2n) is 32.0. The third-order valence-electron chi connectivity index (χ3n) is 20.1. The van der Waals surface area contributed by atoms with Crippen LogP contribution in [0.2, 0.25) is 10.3 Å². The summed E-state index contributed by atoms with van der Waals surface area (Å²) >= 11 is 26.9. The van der Waals surface area contributed by atoms with Crippen LogP contribution in [0.5, 0.6) is 0 Å². The van der Waals surface area contributed by atoms with Gasteiger partial charge in [0.05, 0.1) is 98.5 Å². The molecule has 0 aliphatic heterocycles. The minimum Gasteiger partial charge on any atom is -0.335 e. The number of benzene rings is 1. The van der Waals surface area contributed by atoms with Crippen molar-refractivity contribution in [1.29, 1.82) is 0 Å². The number of nitrogens with one attached hydrogen (secondary N) is 8. The Morgan fingerprint density at radius 3 is 1.15 bits per heavy atom.